The summed E-state index contributed by atoms with van der Waals surface area (Å²) in [4.78, 5) is 16.0. The Morgan fingerprint density at radius 3 is 2.56 bits per heavy atom. The average Bonchev–Trinajstić information content (AvgIpc) is 2.97. The molecule has 2 N–H and O–H groups in total. The van der Waals surface area contributed by atoms with Crippen LogP contribution in [-0.4, -0.2) is 36.7 Å². The number of rotatable bonds is 5. The van der Waals surface area contributed by atoms with Crippen molar-refractivity contribution in [3.05, 3.63) is 46.8 Å². The molecular weight excluding hydrogens is 362 g/mol. The molecule has 1 amide bonds. The normalized spacial score (nSPS) is 15.7. The smallest absolute Gasteiger partial charge is 0.272 e. The highest BCUT2D eigenvalue weighted by Gasteiger charge is 2.32. The summed E-state index contributed by atoms with van der Waals surface area (Å²) in [5, 5.41) is 2.87. The van der Waals surface area contributed by atoms with Crippen LogP contribution in [0.15, 0.2) is 29.2 Å². The highest BCUT2D eigenvalue weighted by atomic mass is 32.2. The number of carbonyl (C=O) groups is 1. The second-order valence-electron chi connectivity index (χ2n) is 7.05. The third-order valence-electron chi connectivity index (χ3n) is 5.10. The Balaban J connectivity index is 1.89. The zero-order valence-electron chi connectivity index (χ0n) is 16.1. The fourth-order valence-corrected chi connectivity index (χ4v) is 5.57. The standard InChI is InChI=1S/C20H27N3O3S/c1-4-16-9-8-10-17(13-16)22-20(24)18-14(2)19(15(3)21-18)27(25,26)23-11-6-5-7-12-23/h8-10,13,21H,4-7,11-12H2,1-3H3,(H,22,24). The topological polar surface area (TPSA) is 82.3 Å². The third kappa shape index (κ3) is 3.94. The summed E-state index contributed by atoms with van der Waals surface area (Å²) in [7, 11) is -3.60. The van der Waals surface area contributed by atoms with Crippen molar-refractivity contribution in [1.82, 2.24) is 9.29 Å². The molecule has 6 nitrogen and oxygen atoms in total. The van der Waals surface area contributed by atoms with Crippen molar-refractivity contribution in [2.45, 2.75) is 51.3 Å². The van der Waals surface area contributed by atoms with Crippen molar-refractivity contribution in [2.75, 3.05) is 18.4 Å². The van der Waals surface area contributed by atoms with Gasteiger partial charge in [0.05, 0.1) is 0 Å². The van der Waals surface area contributed by atoms with Crippen LogP contribution in [0.4, 0.5) is 5.69 Å². The molecule has 7 heteroatoms. The number of aromatic amines is 1. The second-order valence-corrected chi connectivity index (χ2v) is 8.93. The van der Waals surface area contributed by atoms with Crippen molar-refractivity contribution < 1.29 is 13.2 Å². The maximum Gasteiger partial charge on any atom is 0.272 e. The monoisotopic (exact) mass is 389 g/mol. The summed E-state index contributed by atoms with van der Waals surface area (Å²) < 4.78 is 27.7. The molecule has 1 aliphatic rings. The molecule has 1 fully saturated rings. The number of anilines is 1. The predicted molar refractivity (Wildman–Crippen MR) is 107 cm³/mol. The molecule has 3 rings (SSSR count). The Labute approximate surface area is 161 Å². The molecule has 1 saturated heterocycles. The molecule has 0 bridgehead atoms. The van der Waals surface area contributed by atoms with Gasteiger partial charge in [-0.3, -0.25) is 4.79 Å². The lowest BCUT2D eigenvalue weighted by atomic mass is 10.1. The zero-order chi connectivity index (χ0) is 19.6. The minimum atomic E-state index is -3.60. The first-order valence-corrected chi connectivity index (χ1v) is 10.9. The predicted octanol–water partition coefficient (Wildman–Crippen LogP) is 3.62. The van der Waals surface area contributed by atoms with E-state index in [0.717, 1.165) is 31.2 Å². The largest absolute Gasteiger partial charge is 0.353 e. The van der Waals surface area contributed by atoms with Crippen LogP contribution in [0.25, 0.3) is 0 Å². The number of amides is 1. The van der Waals surface area contributed by atoms with Gasteiger partial charge in [0.1, 0.15) is 10.6 Å². The van der Waals surface area contributed by atoms with E-state index in [1.54, 1.807) is 13.8 Å². The summed E-state index contributed by atoms with van der Waals surface area (Å²) in [5.74, 6) is -0.330. The number of hydrogen-bond donors (Lipinski definition) is 2. The molecule has 0 aliphatic carbocycles. The van der Waals surface area contributed by atoms with Crippen LogP contribution in [0.5, 0.6) is 0 Å². The Kier molecular flexibility index (Phi) is 5.72. The number of aromatic nitrogens is 1. The second kappa shape index (κ2) is 7.86. The lowest BCUT2D eigenvalue weighted by Gasteiger charge is -2.26. The van der Waals surface area contributed by atoms with Crippen molar-refractivity contribution in [2.24, 2.45) is 0 Å². The van der Waals surface area contributed by atoms with Gasteiger partial charge in [0.25, 0.3) is 5.91 Å². The van der Waals surface area contributed by atoms with E-state index in [4.69, 9.17) is 0 Å². The van der Waals surface area contributed by atoms with E-state index in [2.05, 4.69) is 17.2 Å². The van der Waals surface area contributed by atoms with E-state index in [-0.39, 0.29) is 10.8 Å². The van der Waals surface area contributed by atoms with Gasteiger partial charge in [-0.15, -0.1) is 0 Å². The highest BCUT2D eigenvalue weighted by molar-refractivity contribution is 7.89. The molecule has 0 spiro atoms. The quantitative estimate of drug-likeness (QED) is 0.819. The first kappa shape index (κ1) is 19.6. The summed E-state index contributed by atoms with van der Waals surface area (Å²) in [6.07, 6.45) is 3.69. The summed E-state index contributed by atoms with van der Waals surface area (Å²) in [6, 6.07) is 7.65. The molecule has 0 atom stereocenters. The molecule has 0 saturated carbocycles. The summed E-state index contributed by atoms with van der Waals surface area (Å²) in [6.45, 7) is 6.53. The molecule has 0 unspecified atom stereocenters. The number of hydrogen-bond acceptors (Lipinski definition) is 3. The van der Waals surface area contributed by atoms with Crippen LogP contribution < -0.4 is 5.32 Å². The maximum atomic E-state index is 13.1. The Morgan fingerprint density at radius 1 is 1.19 bits per heavy atom. The Morgan fingerprint density at radius 2 is 1.89 bits per heavy atom. The summed E-state index contributed by atoms with van der Waals surface area (Å²) >= 11 is 0. The molecule has 1 aromatic heterocycles. The van der Waals surface area contributed by atoms with Crippen LogP contribution in [0.1, 0.15) is 53.5 Å². The fraction of sp³-hybridized carbons (Fsp3) is 0.450. The minimum Gasteiger partial charge on any atom is -0.353 e. The maximum absolute atomic E-state index is 13.1. The van der Waals surface area contributed by atoms with E-state index >= 15 is 0 Å². The average molecular weight is 390 g/mol. The number of nitrogens with zero attached hydrogens (tertiary/aromatic N) is 1. The van der Waals surface area contributed by atoms with E-state index in [1.165, 1.54) is 4.31 Å². The number of sulfonamides is 1. The van der Waals surface area contributed by atoms with Crippen LogP contribution in [0.2, 0.25) is 0 Å². The van der Waals surface area contributed by atoms with Gasteiger partial charge in [-0.1, -0.05) is 25.5 Å². The van der Waals surface area contributed by atoms with Gasteiger partial charge in [-0.2, -0.15) is 4.31 Å². The highest BCUT2D eigenvalue weighted by Crippen LogP contribution is 2.28. The SMILES string of the molecule is CCc1cccc(NC(=O)c2[nH]c(C)c(S(=O)(=O)N3CCCCC3)c2C)c1. The van der Waals surface area contributed by atoms with Gasteiger partial charge in [0.2, 0.25) is 10.0 Å². The van der Waals surface area contributed by atoms with Gasteiger partial charge in [-0.05, 0) is 56.4 Å². The Bertz CT molecular complexity index is 941. The molecule has 146 valence electrons. The number of benzene rings is 1. The van der Waals surface area contributed by atoms with Crippen LogP contribution in [-0.2, 0) is 16.4 Å². The van der Waals surface area contributed by atoms with Crippen molar-refractivity contribution in [1.29, 1.82) is 0 Å². The molecule has 0 radical (unpaired) electrons. The van der Waals surface area contributed by atoms with Gasteiger partial charge >= 0.3 is 0 Å². The van der Waals surface area contributed by atoms with Crippen molar-refractivity contribution >= 4 is 21.6 Å². The number of piperidine rings is 1. The van der Waals surface area contributed by atoms with Crippen LogP contribution >= 0.6 is 0 Å². The molecule has 27 heavy (non-hydrogen) atoms. The minimum absolute atomic E-state index is 0.233. The molecule has 2 heterocycles. The van der Waals surface area contributed by atoms with Gasteiger partial charge in [0.15, 0.2) is 0 Å². The molecular formula is C20H27N3O3S. The van der Waals surface area contributed by atoms with Crippen molar-refractivity contribution in [3.63, 3.8) is 0 Å². The fourth-order valence-electron chi connectivity index (χ4n) is 3.64. The number of aryl methyl sites for hydroxylation is 2. The first-order chi connectivity index (χ1) is 12.8. The van der Waals surface area contributed by atoms with Gasteiger partial charge in [-0.25, -0.2) is 8.42 Å². The molecule has 2 aromatic rings. The van der Waals surface area contributed by atoms with E-state index in [9.17, 15) is 13.2 Å². The first-order valence-electron chi connectivity index (χ1n) is 9.44. The number of nitrogens with one attached hydrogen (secondary N) is 2. The van der Waals surface area contributed by atoms with Crippen LogP contribution in [0.3, 0.4) is 0 Å². The third-order valence-corrected chi connectivity index (χ3v) is 7.28. The summed E-state index contributed by atoms with van der Waals surface area (Å²) in [5.41, 5.74) is 3.10. The molecule has 1 aromatic carbocycles. The van der Waals surface area contributed by atoms with Gasteiger partial charge in [0, 0.05) is 24.5 Å². The Hall–Kier alpha value is -2.12. The van der Waals surface area contributed by atoms with E-state index < -0.39 is 10.0 Å². The zero-order valence-corrected chi connectivity index (χ0v) is 16.9. The number of carbonyl (C=O) groups excluding carboxylic acids is 1. The van der Waals surface area contributed by atoms with Crippen LogP contribution in [0, 0.1) is 13.8 Å². The molecule has 1 aliphatic heterocycles. The van der Waals surface area contributed by atoms with E-state index in [0.29, 0.717) is 35.7 Å². The lowest BCUT2D eigenvalue weighted by Crippen LogP contribution is -2.36. The number of H-pyrrole nitrogens is 1. The van der Waals surface area contributed by atoms with Gasteiger partial charge < -0.3 is 10.3 Å². The van der Waals surface area contributed by atoms with Crippen molar-refractivity contribution in [3.8, 4) is 0 Å². The lowest BCUT2D eigenvalue weighted by molar-refractivity contribution is 0.102. The van der Waals surface area contributed by atoms with E-state index in [1.807, 2.05) is 24.3 Å².